The predicted molar refractivity (Wildman–Crippen MR) is 136 cm³/mol. The molecule has 1 unspecified atom stereocenters. The number of aromatic nitrogens is 1. The lowest BCUT2D eigenvalue weighted by atomic mass is 9.84. The van der Waals surface area contributed by atoms with Crippen molar-refractivity contribution < 1.29 is 14.3 Å². The molecule has 0 bridgehead atoms. The Kier molecular flexibility index (Phi) is 8.61. The Hall–Kier alpha value is -3.00. The van der Waals surface area contributed by atoms with Gasteiger partial charge in [0, 0.05) is 6.07 Å². The van der Waals surface area contributed by atoms with Gasteiger partial charge in [-0.25, -0.2) is 10.3 Å². The van der Waals surface area contributed by atoms with Crippen LogP contribution in [0.5, 0.6) is 5.75 Å². The summed E-state index contributed by atoms with van der Waals surface area (Å²) in [5.41, 5.74) is 10.4. The Labute approximate surface area is 205 Å². The van der Waals surface area contributed by atoms with Crippen LogP contribution >= 0.6 is 11.3 Å². The zero-order chi connectivity index (χ0) is 24.7. The smallest absolute Gasteiger partial charge is 0.436 e. The van der Waals surface area contributed by atoms with Crippen LogP contribution in [0.4, 0.5) is 10.5 Å². The molecule has 1 aromatic heterocycles. The van der Waals surface area contributed by atoms with E-state index in [1.807, 2.05) is 47.0 Å². The molecule has 2 aromatic carbocycles. The van der Waals surface area contributed by atoms with Crippen LogP contribution in [-0.4, -0.2) is 23.9 Å². The molecule has 8 heteroatoms. The monoisotopic (exact) mass is 482 g/mol. The summed E-state index contributed by atoms with van der Waals surface area (Å²) in [5.74, 6) is 1.09. The van der Waals surface area contributed by atoms with Crippen LogP contribution in [0.1, 0.15) is 53.0 Å². The lowest BCUT2D eigenvalue weighted by Gasteiger charge is -2.23. The molecule has 1 atom stereocenters. The summed E-state index contributed by atoms with van der Waals surface area (Å²) in [6, 6.07) is 13.7. The topological polar surface area (TPSA) is 89.0 Å². The van der Waals surface area contributed by atoms with Gasteiger partial charge in [0.05, 0.1) is 30.0 Å². The summed E-state index contributed by atoms with van der Waals surface area (Å²) in [5, 5.41) is 3.69. The highest BCUT2D eigenvalue weighted by atomic mass is 32.1. The molecule has 3 rings (SSSR count). The number of carbonyl (C=O) groups excluding carboxylic acids is 1. The summed E-state index contributed by atoms with van der Waals surface area (Å²) in [6.07, 6.45) is 1.42. The van der Waals surface area contributed by atoms with E-state index in [0.29, 0.717) is 35.3 Å². The van der Waals surface area contributed by atoms with E-state index in [2.05, 4.69) is 37.8 Å². The molecule has 0 fully saturated rings. The number of rotatable bonds is 9. The van der Waals surface area contributed by atoms with Gasteiger partial charge in [0.2, 0.25) is 0 Å². The van der Waals surface area contributed by atoms with Gasteiger partial charge in [-0.05, 0) is 42.7 Å². The largest absolute Gasteiger partial charge is 0.491 e. The van der Waals surface area contributed by atoms with Gasteiger partial charge in [0.1, 0.15) is 11.4 Å². The first-order valence-electron chi connectivity index (χ1n) is 11.6. The third-order valence-electron chi connectivity index (χ3n) is 5.35. The second kappa shape index (κ2) is 11.4. The molecule has 1 amide bonds. The number of hydrogen-bond donors (Lipinski definition) is 1. The quantitative estimate of drug-likeness (QED) is 0.324. The second-order valence-corrected chi connectivity index (χ2v) is 10.7. The number of fused-ring (bicyclic) bond motifs is 1. The van der Waals surface area contributed by atoms with Crippen LogP contribution in [0.25, 0.3) is 10.2 Å². The maximum Gasteiger partial charge on any atom is 0.436 e. The normalized spacial score (nSPS) is 13.1. The highest BCUT2D eigenvalue weighted by molar-refractivity contribution is 7.16. The third kappa shape index (κ3) is 7.00. The highest BCUT2D eigenvalue weighted by Gasteiger charge is 2.17. The van der Waals surface area contributed by atoms with Crippen molar-refractivity contribution in [3.05, 3.63) is 52.8 Å². The van der Waals surface area contributed by atoms with Crippen molar-refractivity contribution in [3.8, 4) is 5.75 Å². The molecular formula is C26H34N4O3S. The van der Waals surface area contributed by atoms with E-state index >= 15 is 0 Å². The van der Waals surface area contributed by atoms with E-state index in [9.17, 15) is 4.79 Å². The van der Waals surface area contributed by atoms with Crippen molar-refractivity contribution in [1.29, 1.82) is 5.53 Å². The number of hydrogen-bond acceptors (Lipinski definition) is 6. The van der Waals surface area contributed by atoms with Crippen LogP contribution in [0.15, 0.2) is 52.6 Å². The van der Waals surface area contributed by atoms with Crippen molar-refractivity contribution in [2.45, 2.75) is 54.0 Å². The number of benzene rings is 2. The van der Waals surface area contributed by atoms with Crippen LogP contribution in [0, 0.1) is 16.9 Å². The first-order valence-corrected chi connectivity index (χ1v) is 12.4. The average Bonchev–Trinajstić information content (AvgIpc) is 3.08. The SMILES string of the molecule is CCOC(=O)N=c1sc2cc(N=N)c(OCCC(C)CC(C)(C)C)cc2n1Cc1ccccc1. The first-order chi connectivity index (χ1) is 16.2. The van der Waals surface area contributed by atoms with Crippen molar-refractivity contribution >= 4 is 33.3 Å². The number of carbonyl (C=O) groups is 1. The molecule has 7 nitrogen and oxygen atoms in total. The fraction of sp³-hybridized carbons (Fsp3) is 0.462. The van der Waals surface area contributed by atoms with E-state index in [-0.39, 0.29) is 12.0 Å². The van der Waals surface area contributed by atoms with Crippen molar-refractivity contribution in [2.24, 2.45) is 21.4 Å². The van der Waals surface area contributed by atoms with Gasteiger partial charge in [-0.3, -0.25) is 0 Å². The number of thiazole rings is 1. The first kappa shape index (κ1) is 25.6. The summed E-state index contributed by atoms with van der Waals surface area (Å²) in [4.78, 5) is 16.8. The standard InChI is InChI=1S/C26H34N4O3S/c1-6-32-25(31)28-24-30(17-19-10-8-7-9-11-19)21-15-22(20(29-27)14-23(21)34-24)33-13-12-18(2)16-26(3,4)5/h7-11,14-15,18,27H,6,12-13,16-17H2,1-5H3. The minimum atomic E-state index is -0.620. The van der Waals surface area contributed by atoms with Crippen LogP contribution < -0.4 is 9.54 Å². The maximum atomic E-state index is 12.1. The van der Waals surface area contributed by atoms with Gasteiger partial charge in [-0.2, -0.15) is 5.11 Å². The Morgan fingerprint density at radius 1 is 1.21 bits per heavy atom. The average molecular weight is 483 g/mol. The minimum Gasteiger partial charge on any atom is -0.491 e. The molecule has 34 heavy (non-hydrogen) atoms. The molecule has 0 radical (unpaired) electrons. The molecule has 0 aliphatic rings. The molecule has 0 aliphatic carbocycles. The van der Waals surface area contributed by atoms with E-state index in [1.165, 1.54) is 11.3 Å². The summed E-state index contributed by atoms with van der Waals surface area (Å²) in [7, 11) is 0. The van der Waals surface area contributed by atoms with Crippen LogP contribution in [0.3, 0.4) is 0 Å². The summed E-state index contributed by atoms with van der Waals surface area (Å²) in [6.45, 7) is 12.1. The molecule has 3 aromatic rings. The fourth-order valence-corrected chi connectivity index (χ4v) is 5.08. The van der Waals surface area contributed by atoms with E-state index in [1.54, 1.807) is 6.92 Å². The Balaban J connectivity index is 1.97. The number of amides is 1. The zero-order valence-electron chi connectivity index (χ0n) is 20.6. The van der Waals surface area contributed by atoms with E-state index < -0.39 is 6.09 Å². The Morgan fingerprint density at radius 3 is 2.59 bits per heavy atom. The van der Waals surface area contributed by atoms with Crippen molar-refractivity contribution in [1.82, 2.24) is 4.57 Å². The molecule has 182 valence electrons. The lowest BCUT2D eigenvalue weighted by molar-refractivity contribution is 0.162. The van der Waals surface area contributed by atoms with Crippen molar-refractivity contribution in [3.63, 3.8) is 0 Å². The molecule has 0 saturated carbocycles. The highest BCUT2D eigenvalue weighted by Crippen LogP contribution is 2.35. The van der Waals surface area contributed by atoms with Gasteiger partial charge in [-0.1, -0.05) is 69.4 Å². The zero-order valence-corrected chi connectivity index (χ0v) is 21.4. The number of nitrogens with one attached hydrogen (secondary N) is 1. The lowest BCUT2D eigenvalue weighted by Crippen LogP contribution is -2.18. The fourth-order valence-electron chi connectivity index (χ4n) is 4.04. The van der Waals surface area contributed by atoms with Gasteiger partial charge < -0.3 is 14.0 Å². The summed E-state index contributed by atoms with van der Waals surface area (Å²) >= 11 is 1.37. The molecule has 0 spiro atoms. The molecular weight excluding hydrogens is 448 g/mol. The molecule has 1 N–H and O–H groups in total. The van der Waals surface area contributed by atoms with Gasteiger partial charge in [0.25, 0.3) is 0 Å². The van der Waals surface area contributed by atoms with Crippen LogP contribution in [0.2, 0.25) is 0 Å². The van der Waals surface area contributed by atoms with Crippen molar-refractivity contribution in [2.75, 3.05) is 13.2 Å². The third-order valence-corrected chi connectivity index (χ3v) is 6.39. The van der Waals surface area contributed by atoms with Gasteiger partial charge in [-0.15, -0.1) is 4.99 Å². The maximum absolute atomic E-state index is 12.1. The molecule has 1 heterocycles. The van der Waals surface area contributed by atoms with Crippen LogP contribution in [-0.2, 0) is 11.3 Å². The molecule has 0 aliphatic heterocycles. The molecule has 0 saturated heterocycles. The van der Waals surface area contributed by atoms with Gasteiger partial charge in [0.15, 0.2) is 4.80 Å². The minimum absolute atomic E-state index is 0.263. The van der Waals surface area contributed by atoms with E-state index in [4.69, 9.17) is 15.0 Å². The Bertz CT molecular complexity index is 1190. The van der Waals surface area contributed by atoms with E-state index in [0.717, 1.165) is 28.6 Å². The number of ether oxygens (including phenoxy) is 2. The summed E-state index contributed by atoms with van der Waals surface area (Å²) < 4.78 is 14.0. The second-order valence-electron chi connectivity index (χ2n) is 9.67. The predicted octanol–water partition coefficient (Wildman–Crippen LogP) is 7.31. The van der Waals surface area contributed by atoms with Gasteiger partial charge >= 0.3 is 6.09 Å². The number of nitrogens with zero attached hydrogens (tertiary/aromatic N) is 3. The Morgan fingerprint density at radius 2 is 1.94 bits per heavy atom.